The van der Waals surface area contributed by atoms with Crippen LogP contribution in [0.15, 0.2) is 24.3 Å². The number of alkyl halides is 3. The van der Waals surface area contributed by atoms with Gasteiger partial charge < -0.3 is 18.6 Å². The van der Waals surface area contributed by atoms with Gasteiger partial charge in [-0.1, -0.05) is 12.1 Å². The zero-order valence-electron chi connectivity index (χ0n) is 19.0. The number of hydrogen-bond acceptors (Lipinski definition) is 4. The highest BCUT2D eigenvalue weighted by molar-refractivity contribution is 6.53. The first-order valence-corrected chi connectivity index (χ1v) is 10.3. The predicted molar refractivity (Wildman–Crippen MR) is 111 cm³/mol. The van der Waals surface area contributed by atoms with Gasteiger partial charge in [0.2, 0.25) is 0 Å². The predicted octanol–water partition coefficient (Wildman–Crippen LogP) is 5.51. The normalized spacial score (nSPS) is 25.6. The molecular formula is C21H31B2F3O4. The van der Waals surface area contributed by atoms with Crippen molar-refractivity contribution in [2.45, 2.75) is 96.1 Å². The van der Waals surface area contributed by atoms with Crippen molar-refractivity contribution < 1.29 is 31.8 Å². The van der Waals surface area contributed by atoms with E-state index in [4.69, 9.17) is 18.6 Å². The van der Waals surface area contributed by atoms with E-state index in [0.29, 0.717) is 11.9 Å². The van der Waals surface area contributed by atoms with E-state index >= 15 is 0 Å². The van der Waals surface area contributed by atoms with Crippen LogP contribution in [0.4, 0.5) is 13.2 Å². The molecule has 2 fully saturated rings. The van der Waals surface area contributed by atoms with Crippen LogP contribution < -0.4 is 0 Å². The summed E-state index contributed by atoms with van der Waals surface area (Å²) in [5, 5.41) is 0. The molecule has 0 N–H and O–H groups in total. The molecule has 0 amide bonds. The molecule has 4 nitrogen and oxygen atoms in total. The number of rotatable bonds is 4. The Hall–Kier alpha value is -1.02. The SMILES string of the molecule is CC1(C)OB(CC(B2OC(C)(C)C(C)(C)O2)c2ccc(C(F)(F)F)cc2)OC1(C)C. The van der Waals surface area contributed by atoms with Gasteiger partial charge in [0.1, 0.15) is 0 Å². The molecule has 2 saturated heterocycles. The molecule has 0 saturated carbocycles. The number of hydrogen-bond donors (Lipinski definition) is 0. The number of halogens is 3. The highest BCUT2D eigenvalue weighted by Gasteiger charge is 2.57. The first-order valence-electron chi connectivity index (χ1n) is 10.3. The maximum atomic E-state index is 13.0. The van der Waals surface area contributed by atoms with Crippen molar-refractivity contribution in [3.63, 3.8) is 0 Å². The van der Waals surface area contributed by atoms with E-state index in [0.717, 1.165) is 12.1 Å². The second-order valence-corrected chi connectivity index (χ2v) is 10.3. The Kier molecular flexibility index (Phi) is 5.72. The zero-order valence-corrected chi connectivity index (χ0v) is 19.0. The third-order valence-corrected chi connectivity index (χ3v) is 7.01. The maximum Gasteiger partial charge on any atom is 0.465 e. The lowest BCUT2D eigenvalue weighted by Crippen LogP contribution is -2.41. The molecule has 1 unspecified atom stereocenters. The van der Waals surface area contributed by atoms with E-state index in [-0.39, 0.29) is 5.82 Å². The Bertz CT molecular complexity index is 743. The molecular weight excluding hydrogens is 395 g/mol. The van der Waals surface area contributed by atoms with Crippen LogP contribution in [0.2, 0.25) is 6.32 Å². The van der Waals surface area contributed by atoms with Gasteiger partial charge in [-0.05, 0) is 79.4 Å². The van der Waals surface area contributed by atoms with Crippen molar-refractivity contribution in [1.29, 1.82) is 0 Å². The van der Waals surface area contributed by atoms with E-state index in [2.05, 4.69) is 0 Å². The van der Waals surface area contributed by atoms with E-state index in [9.17, 15) is 13.2 Å². The second-order valence-electron chi connectivity index (χ2n) is 10.3. The fraction of sp³-hybridized carbons (Fsp3) is 0.714. The molecule has 0 bridgehead atoms. The fourth-order valence-corrected chi connectivity index (χ4v) is 3.65. The molecule has 0 aromatic heterocycles. The molecule has 0 radical (unpaired) electrons. The summed E-state index contributed by atoms with van der Waals surface area (Å²) in [5.74, 6) is -0.358. The summed E-state index contributed by atoms with van der Waals surface area (Å²) in [6.45, 7) is 15.7. The molecule has 1 atom stereocenters. The van der Waals surface area contributed by atoms with E-state index in [1.807, 2.05) is 55.4 Å². The molecule has 2 heterocycles. The minimum Gasteiger partial charge on any atom is -0.403 e. The first-order chi connectivity index (χ1) is 13.5. The third-order valence-electron chi connectivity index (χ3n) is 7.01. The Balaban J connectivity index is 1.90. The summed E-state index contributed by atoms with van der Waals surface area (Å²) >= 11 is 0. The van der Waals surface area contributed by atoms with E-state index in [1.54, 1.807) is 0 Å². The van der Waals surface area contributed by atoms with E-state index < -0.39 is 48.4 Å². The lowest BCUT2D eigenvalue weighted by molar-refractivity contribution is -0.137. The molecule has 2 aliphatic rings. The van der Waals surface area contributed by atoms with Crippen LogP contribution in [0.1, 0.15) is 72.3 Å². The van der Waals surface area contributed by atoms with Crippen molar-refractivity contribution in [1.82, 2.24) is 0 Å². The van der Waals surface area contributed by atoms with Crippen LogP contribution in [0.5, 0.6) is 0 Å². The monoisotopic (exact) mass is 426 g/mol. The van der Waals surface area contributed by atoms with Crippen molar-refractivity contribution in [2.24, 2.45) is 0 Å². The first kappa shape index (κ1) is 23.6. The average Bonchev–Trinajstić information content (AvgIpc) is 2.91. The molecule has 3 rings (SSSR count). The van der Waals surface area contributed by atoms with Gasteiger partial charge in [0.15, 0.2) is 0 Å². The van der Waals surface area contributed by atoms with Gasteiger partial charge in [-0.25, -0.2) is 0 Å². The summed E-state index contributed by atoms with van der Waals surface area (Å²) in [4.78, 5) is 0. The molecule has 1 aromatic rings. The van der Waals surface area contributed by atoms with Crippen molar-refractivity contribution in [2.75, 3.05) is 0 Å². The van der Waals surface area contributed by atoms with Gasteiger partial charge in [-0.15, -0.1) is 0 Å². The van der Waals surface area contributed by atoms with Gasteiger partial charge in [0.25, 0.3) is 0 Å². The standard InChI is InChI=1S/C21H31B2F3O4/c1-17(2)18(3,4)28-22(27-17)13-16(23-29-19(5,6)20(7,8)30-23)14-9-11-15(12-10-14)21(24,25)26/h9-12,16H,13H2,1-8H3. The molecule has 0 spiro atoms. The summed E-state index contributed by atoms with van der Waals surface area (Å²) in [5.41, 5.74) is -2.11. The summed E-state index contributed by atoms with van der Waals surface area (Å²) < 4.78 is 63.9. The highest BCUT2D eigenvalue weighted by Crippen LogP contribution is 2.45. The Morgan fingerprint density at radius 2 is 1.13 bits per heavy atom. The molecule has 1 aromatic carbocycles. The van der Waals surface area contributed by atoms with Crippen LogP contribution in [0.3, 0.4) is 0 Å². The maximum absolute atomic E-state index is 13.0. The third kappa shape index (κ3) is 4.31. The highest BCUT2D eigenvalue weighted by atomic mass is 19.4. The largest absolute Gasteiger partial charge is 0.465 e. The number of benzene rings is 1. The Morgan fingerprint density at radius 1 is 0.733 bits per heavy atom. The zero-order chi connectivity index (χ0) is 22.8. The summed E-state index contributed by atoms with van der Waals surface area (Å²) in [6, 6.07) is 5.17. The van der Waals surface area contributed by atoms with Crippen LogP contribution in [-0.2, 0) is 24.8 Å². The lowest BCUT2D eigenvalue weighted by Gasteiger charge is -2.32. The van der Waals surface area contributed by atoms with Gasteiger partial charge in [-0.2, -0.15) is 13.2 Å². The Morgan fingerprint density at radius 3 is 1.53 bits per heavy atom. The van der Waals surface area contributed by atoms with Crippen molar-refractivity contribution in [3.05, 3.63) is 35.4 Å². The lowest BCUT2D eigenvalue weighted by atomic mass is 9.58. The average molecular weight is 426 g/mol. The van der Waals surface area contributed by atoms with Gasteiger partial charge in [0.05, 0.1) is 28.0 Å². The van der Waals surface area contributed by atoms with Crippen LogP contribution in [0.25, 0.3) is 0 Å². The second kappa shape index (κ2) is 7.26. The van der Waals surface area contributed by atoms with Crippen LogP contribution in [0, 0.1) is 0 Å². The minimum absolute atomic E-state index is 0.358. The topological polar surface area (TPSA) is 36.9 Å². The molecule has 166 valence electrons. The van der Waals surface area contributed by atoms with E-state index in [1.165, 1.54) is 12.1 Å². The van der Waals surface area contributed by atoms with Crippen molar-refractivity contribution >= 4 is 14.2 Å². The summed E-state index contributed by atoms with van der Waals surface area (Å²) in [7, 11) is -1.16. The molecule has 30 heavy (non-hydrogen) atoms. The fourth-order valence-electron chi connectivity index (χ4n) is 3.65. The van der Waals surface area contributed by atoms with Gasteiger partial charge >= 0.3 is 20.4 Å². The van der Waals surface area contributed by atoms with Crippen molar-refractivity contribution in [3.8, 4) is 0 Å². The Labute approximate surface area is 178 Å². The van der Waals surface area contributed by atoms with Crippen LogP contribution >= 0.6 is 0 Å². The van der Waals surface area contributed by atoms with Gasteiger partial charge in [-0.3, -0.25) is 0 Å². The smallest absolute Gasteiger partial charge is 0.403 e. The molecule has 0 aliphatic carbocycles. The minimum atomic E-state index is -4.38. The molecule has 2 aliphatic heterocycles. The van der Waals surface area contributed by atoms with Crippen LogP contribution in [-0.4, -0.2) is 36.6 Å². The van der Waals surface area contributed by atoms with Gasteiger partial charge in [0, 0.05) is 5.82 Å². The molecule has 9 heteroatoms. The summed E-state index contributed by atoms with van der Waals surface area (Å²) in [6.07, 6.45) is -3.99. The quantitative estimate of drug-likeness (QED) is 0.595.